The third-order valence-corrected chi connectivity index (χ3v) is 3.68. The van der Waals surface area contributed by atoms with Crippen molar-refractivity contribution in [1.82, 2.24) is 4.90 Å². The Kier molecular flexibility index (Phi) is 4.93. The molecule has 0 heterocycles. The zero-order valence-electron chi connectivity index (χ0n) is 10.4. The molecule has 3 unspecified atom stereocenters. The quantitative estimate of drug-likeness (QED) is 0.740. The zero-order valence-corrected chi connectivity index (χ0v) is 10.4. The summed E-state index contributed by atoms with van der Waals surface area (Å²) in [6.45, 7) is 2.19. The van der Waals surface area contributed by atoms with Gasteiger partial charge in [0.2, 0.25) is 5.91 Å². The van der Waals surface area contributed by atoms with Crippen molar-refractivity contribution in [2.24, 2.45) is 17.8 Å². The van der Waals surface area contributed by atoms with Gasteiger partial charge in [0.05, 0.1) is 18.4 Å². The highest BCUT2D eigenvalue weighted by molar-refractivity contribution is 5.85. The Balaban J connectivity index is 2.72. The monoisotopic (exact) mass is 243 g/mol. The van der Waals surface area contributed by atoms with Crippen LogP contribution in [0.4, 0.5) is 0 Å². The maximum absolute atomic E-state index is 12.1. The first-order valence-corrected chi connectivity index (χ1v) is 6.09. The molecule has 1 aliphatic carbocycles. The molecular weight excluding hydrogens is 222 g/mol. The number of carboxylic acids is 1. The molecule has 0 aromatic heterocycles. The number of aliphatic carboxylic acids is 1. The van der Waals surface area contributed by atoms with E-state index in [1.54, 1.807) is 7.05 Å². The Morgan fingerprint density at radius 3 is 2.35 bits per heavy atom. The second kappa shape index (κ2) is 6.00. The Morgan fingerprint density at radius 2 is 1.88 bits per heavy atom. The van der Waals surface area contributed by atoms with E-state index in [0.717, 1.165) is 6.42 Å². The van der Waals surface area contributed by atoms with Crippen LogP contribution in [0, 0.1) is 17.8 Å². The van der Waals surface area contributed by atoms with Crippen molar-refractivity contribution in [3.63, 3.8) is 0 Å². The van der Waals surface area contributed by atoms with Crippen molar-refractivity contribution in [2.45, 2.75) is 26.2 Å². The summed E-state index contributed by atoms with van der Waals surface area (Å²) in [5.41, 5.74) is 0. The minimum absolute atomic E-state index is 0.0933. The summed E-state index contributed by atoms with van der Waals surface area (Å²) in [5, 5.41) is 17.9. The molecule has 1 aliphatic rings. The molecule has 0 aliphatic heterocycles. The summed E-state index contributed by atoms with van der Waals surface area (Å²) < 4.78 is 0. The molecule has 5 heteroatoms. The van der Waals surface area contributed by atoms with Crippen LogP contribution in [0.5, 0.6) is 0 Å². The first kappa shape index (κ1) is 14.0. The Morgan fingerprint density at radius 1 is 1.29 bits per heavy atom. The van der Waals surface area contributed by atoms with Crippen LogP contribution in [0.2, 0.25) is 0 Å². The van der Waals surface area contributed by atoms with Crippen molar-refractivity contribution < 1.29 is 19.8 Å². The van der Waals surface area contributed by atoms with E-state index in [4.69, 9.17) is 10.2 Å². The number of rotatable bonds is 5. The molecule has 1 fully saturated rings. The van der Waals surface area contributed by atoms with Crippen molar-refractivity contribution in [3.05, 3.63) is 0 Å². The lowest BCUT2D eigenvalue weighted by atomic mass is 9.95. The molecule has 98 valence electrons. The molecule has 1 rings (SSSR count). The average Bonchev–Trinajstić information content (AvgIpc) is 2.72. The fourth-order valence-corrected chi connectivity index (χ4v) is 2.57. The van der Waals surface area contributed by atoms with Gasteiger partial charge in [-0.05, 0) is 18.8 Å². The fourth-order valence-electron chi connectivity index (χ4n) is 2.57. The lowest BCUT2D eigenvalue weighted by Gasteiger charge is -2.22. The summed E-state index contributed by atoms with van der Waals surface area (Å²) >= 11 is 0. The first-order chi connectivity index (χ1) is 8.01. The summed E-state index contributed by atoms with van der Waals surface area (Å²) in [6, 6.07) is 0. The van der Waals surface area contributed by atoms with Crippen LogP contribution in [-0.4, -0.2) is 47.2 Å². The number of amides is 1. The second-order valence-corrected chi connectivity index (χ2v) is 4.78. The summed E-state index contributed by atoms with van der Waals surface area (Å²) in [7, 11) is 1.61. The molecule has 1 amide bonds. The Bertz CT molecular complexity index is 292. The van der Waals surface area contributed by atoms with Gasteiger partial charge in [-0.25, -0.2) is 0 Å². The van der Waals surface area contributed by atoms with Crippen LogP contribution in [0.1, 0.15) is 26.2 Å². The highest BCUT2D eigenvalue weighted by Crippen LogP contribution is 2.39. The van der Waals surface area contributed by atoms with E-state index in [1.807, 2.05) is 6.92 Å². The van der Waals surface area contributed by atoms with Crippen LogP contribution in [0.3, 0.4) is 0 Å². The van der Waals surface area contributed by atoms with Gasteiger partial charge in [-0.3, -0.25) is 9.59 Å². The molecule has 0 aromatic carbocycles. The predicted octanol–water partition coefficient (Wildman–Crippen LogP) is 0.574. The van der Waals surface area contributed by atoms with Crippen LogP contribution >= 0.6 is 0 Å². The van der Waals surface area contributed by atoms with E-state index < -0.39 is 17.8 Å². The van der Waals surface area contributed by atoms with Gasteiger partial charge in [-0.1, -0.05) is 13.3 Å². The number of carboxylic acid groups (broad SMARTS) is 1. The maximum Gasteiger partial charge on any atom is 0.307 e. The van der Waals surface area contributed by atoms with Gasteiger partial charge >= 0.3 is 5.97 Å². The summed E-state index contributed by atoms with van der Waals surface area (Å²) in [5.74, 6) is -1.69. The zero-order chi connectivity index (χ0) is 13.0. The lowest BCUT2D eigenvalue weighted by Crippen LogP contribution is -2.38. The van der Waals surface area contributed by atoms with Crippen molar-refractivity contribution in [3.8, 4) is 0 Å². The van der Waals surface area contributed by atoms with Gasteiger partial charge in [-0.2, -0.15) is 0 Å². The molecule has 1 saturated carbocycles. The topological polar surface area (TPSA) is 77.8 Å². The molecule has 5 nitrogen and oxygen atoms in total. The minimum Gasteiger partial charge on any atom is -0.481 e. The number of carbonyl (C=O) groups excluding carboxylic acids is 1. The Hall–Kier alpha value is -1.10. The van der Waals surface area contributed by atoms with Crippen molar-refractivity contribution >= 4 is 11.9 Å². The van der Waals surface area contributed by atoms with E-state index in [2.05, 4.69) is 0 Å². The van der Waals surface area contributed by atoms with Crippen LogP contribution in [-0.2, 0) is 9.59 Å². The third kappa shape index (κ3) is 3.19. The van der Waals surface area contributed by atoms with Gasteiger partial charge < -0.3 is 15.1 Å². The van der Waals surface area contributed by atoms with E-state index in [-0.39, 0.29) is 19.1 Å². The molecule has 0 spiro atoms. The van der Waals surface area contributed by atoms with E-state index in [1.165, 1.54) is 4.90 Å². The first-order valence-electron chi connectivity index (χ1n) is 6.09. The normalized spacial score (nSPS) is 28.1. The molecule has 0 saturated heterocycles. The number of likely N-dealkylation sites (N-methyl/N-ethyl adjacent to an activating group) is 1. The average molecular weight is 243 g/mol. The fraction of sp³-hybridized carbons (Fsp3) is 0.833. The number of hydrogen-bond donors (Lipinski definition) is 2. The summed E-state index contributed by atoms with van der Waals surface area (Å²) in [6.07, 6.45) is 2.16. The number of aliphatic hydroxyl groups excluding tert-OH is 1. The van der Waals surface area contributed by atoms with E-state index in [9.17, 15) is 9.59 Å². The van der Waals surface area contributed by atoms with Gasteiger partial charge in [0.1, 0.15) is 0 Å². The molecule has 0 radical (unpaired) electrons. The van der Waals surface area contributed by atoms with Gasteiger partial charge in [0.25, 0.3) is 0 Å². The standard InChI is InChI=1S/C12H21NO4/c1-3-8-6-9(10(7-8)12(16)17)11(15)13(2)4-5-14/h8-10,14H,3-7H2,1-2H3,(H,16,17). The molecule has 17 heavy (non-hydrogen) atoms. The van der Waals surface area contributed by atoms with Gasteiger partial charge in [0, 0.05) is 13.6 Å². The number of nitrogens with zero attached hydrogens (tertiary/aromatic N) is 1. The van der Waals surface area contributed by atoms with Gasteiger partial charge in [-0.15, -0.1) is 0 Å². The predicted molar refractivity (Wildman–Crippen MR) is 62.4 cm³/mol. The van der Waals surface area contributed by atoms with Crippen molar-refractivity contribution in [1.29, 1.82) is 0 Å². The van der Waals surface area contributed by atoms with Crippen LogP contribution in [0.15, 0.2) is 0 Å². The Labute approximate surface area is 101 Å². The maximum atomic E-state index is 12.1. The van der Waals surface area contributed by atoms with Gasteiger partial charge in [0.15, 0.2) is 0 Å². The van der Waals surface area contributed by atoms with E-state index in [0.29, 0.717) is 18.8 Å². The SMILES string of the molecule is CCC1CC(C(=O)O)C(C(=O)N(C)CCO)C1. The van der Waals surface area contributed by atoms with Crippen molar-refractivity contribution in [2.75, 3.05) is 20.2 Å². The lowest BCUT2D eigenvalue weighted by molar-refractivity contribution is -0.148. The summed E-state index contributed by atoms with van der Waals surface area (Å²) in [4.78, 5) is 24.6. The number of hydrogen-bond acceptors (Lipinski definition) is 3. The molecule has 0 aromatic rings. The number of aliphatic hydroxyl groups is 1. The second-order valence-electron chi connectivity index (χ2n) is 4.78. The number of carbonyl (C=O) groups is 2. The molecule has 0 bridgehead atoms. The molecular formula is C12H21NO4. The smallest absolute Gasteiger partial charge is 0.307 e. The third-order valence-electron chi connectivity index (χ3n) is 3.68. The molecule has 3 atom stereocenters. The van der Waals surface area contributed by atoms with Crippen LogP contribution < -0.4 is 0 Å². The van der Waals surface area contributed by atoms with E-state index >= 15 is 0 Å². The largest absolute Gasteiger partial charge is 0.481 e. The van der Waals surface area contributed by atoms with Crippen LogP contribution in [0.25, 0.3) is 0 Å². The highest BCUT2D eigenvalue weighted by atomic mass is 16.4. The minimum atomic E-state index is -0.878. The highest BCUT2D eigenvalue weighted by Gasteiger charge is 2.42. The molecule has 2 N–H and O–H groups in total.